The zero-order chi connectivity index (χ0) is 46.4. The van der Waals surface area contributed by atoms with Gasteiger partial charge in [0.25, 0.3) is 0 Å². The van der Waals surface area contributed by atoms with Crippen molar-refractivity contribution < 1.29 is 57.2 Å². The fourth-order valence-electron chi connectivity index (χ4n) is 10.6. The van der Waals surface area contributed by atoms with Crippen LogP contribution < -0.4 is 31.9 Å². The van der Waals surface area contributed by atoms with Gasteiger partial charge in [-0.25, -0.2) is 28.8 Å². The second-order valence-electron chi connectivity index (χ2n) is 19.7. The first-order valence-electron chi connectivity index (χ1n) is 25.9. The average Bonchev–Trinajstić information content (AvgIpc) is 3.32. The highest BCUT2D eigenvalue weighted by Crippen LogP contribution is 2.26. The molecule has 18 heteroatoms. The van der Waals surface area contributed by atoms with Crippen LogP contribution in [0, 0.1) is 0 Å². The van der Waals surface area contributed by atoms with E-state index >= 15 is 0 Å². The molecule has 4 atom stereocenters. The number of rotatable bonds is 17. The minimum atomic E-state index is -1.76. The predicted molar refractivity (Wildman–Crippen MR) is 244 cm³/mol. The molecule has 66 heavy (non-hydrogen) atoms. The molecule has 0 aromatic rings. The lowest BCUT2D eigenvalue weighted by Gasteiger charge is -2.37. The highest BCUT2D eigenvalue weighted by atomic mass is 16.7. The molecular formula is C48H80N6O12. The summed E-state index contributed by atoms with van der Waals surface area (Å²) in [7, 11) is 0. The van der Waals surface area contributed by atoms with Crippen molar-refractivity contribution >= 4 is 36.6 Å². The van der Waals surface area contributed by atoms with Gasteiger partial charge in [-0.15, -0.1) is 0 Å². The van der Waals surface area contributed by atoms with Gasteiger partial charge in [0.05, 0.1) is 0 Å². The molecular weight excluding hydrogens is 853 g/mol. The van der Waals surface area contributed by atoms with Crippen molar-refractivity contribution in [2.45, 2.75) is 253 Å². The van der Waals surface area contributed by atoms with Crippen molar-refractivity contribution in [3.05, 3.63) is 0 Å². The van der Waals surface area contributed by atoms with Crippen LogP contribution in [0.25, 0.3) is 0 Å². The van der Waals surface area contributed by atoms with Crippen LogP contribution in [0.4, 0.5) is 28.8 Å². The lowest BCUT2D eigenvalue weighted by molar-refractivity contribution is -0.131. The Labute approximate surface area is 391 Å². The van der Waals surface area contributed by atoms with Crippen LogP contribution in [-0.4, -0.2) is 110 Å². The van der Waals surface area contributed by atoms with E-state index in [1.165, 1.54) is 0 Å². The third kappa shape index (κ3) is 18.4. The molecule has 6 rings (SSSR count). The first-order chi connectivity index (χ1) is 32.2. The first-order valence-corrected chi connectivity index (χ1v) is 25.9. The smallest absolute Gasteiger partial charge is 0.407 e. The third-order valence-corrected chi connectivity index (χ3v) is 14.4. The Morgan fingerprint density at radius 3 is 0.712 bits per heavy atom. The second kappa shape index (κ2) is 28.1. The Hall–Kier alpha value is -4.38. The molecule has 6 fully saturated rings. The van der Waals surface area contributed by atoms with Crippen LogP contribution >= 0.6 is 0 Å². The van der Waals surface area contributed by atoms with Crippen molar-refractivity contribution in [2.24, 2.45) is 0 Å². The number of alkyl carbamates (subject to hydrolysis) is 6. The minimum Gasteiger partial charge on any atom is -0.445 e. The van der Waals surface area contributed by atoms with Gasteiger partial charge in [0, 0.05) is 36.3 Å². The summed E-state index contributed by atoms with van der Waals surface area (Å²) >= 11 is 0. The predicted octanol–water partition coefficient (Wildman–Crippen LogP) is 8.81. The van der Waals surface area contributed by atoms with Crippen molar-refractivity contribution in [3.63, 3.8) is 0 Å². The van der Waals surface area contributed by atoms with Crippen molar-refractivity contribution in [2.75, 3.05) is 13.2 Å². The van der Waals surface area contributed by atoms with Crippen LogP contribution in [0.15, 0.2) is 0 Å². The zero-order valence-electron chi connectivity index (χ0n) is 39.3. The number of hydrogen-bond acceptors (Lipinski definition) is 12. The maximum atomic E-state index is 14.2. The molecule has 6 aliphatic rings. The molecule has 0 aromatic carbocycles. The van der Waals surface area contributed by atoms with Crippen molar-refractivity contribution in [1.82, 2.24) is 31.9 Å². The highest BCUT2D eigenvalue weighted by Gasteiger charge is 2.47. The van der Waals surface area contributed by atoms with Crippen molar-refractivity contribution in [3.8, 4) is 0 Å². The molecule has 0 saturated heterocycles. The topological polar surface area (TPSA) is 230 Å². The number of ether oxygens (including phenoxy) is 6. The maximum Gasteiger partial charge on any atom is 0.407 e. The molecule has 0 radical (unpaired) electrons. The van der Waals surface area contributed by atoms with E-state index in [0.29, 0.717) is 25.7 Å². The standard InChI is InChI=1S/C48H80N6O12/c55-43(49-33-19-7-1-8-20-33)61-31-39(63-45(57)51-35-23-11-3-12-24-35)41(65-47(59)53-37-27-15-5-16-28-37)42(66-48(60)54-38-29-17-6-18-30-38)40(64-46(58)52-36-25-13-4-14-26-36)32-62-44(56)50-34-21-9-2-10-22-34/h33-42H,1-32H2,(H,49,55)(H,50,56)(H,51,57)(H,52,58)(H,53,59)(H,54,60). The van der Waals surface area contributed by atoms with Gasteiger partial charge in [-0.3, -0.25) is 0 Å². The van der Waals surface area contributed by atoms with E-state index in [4.69, 9.17) is 28.4 Å². The van der Waals surface area contributed by atoms with E-state index < -0.39 is 74.2 Å². The summed E-state index contributed by atoms with van der Waals surface area (Å²) in [4.78, 5) is 83.1. The quantitative estimate of drug-likeness (QED) is 0.0752. The van der Waals surface area contributed by atoms with Crippen LogP contribution in [0.5, 0.6) is 0 Å². The molecule has 0 bridgehead atoms. The fraction of sp³-hybridized carbons (Fsp3) is 0.875. The second-order valence-corrected chi connectivity index (χ2v) is 19.7. The maximum absolute atomic E-state index is 14.2. The summed E-state index contributed by atoms with van der Waals surface area (Å²) in [5.74, 6) is 0. The molecule has 0 aliphatic heterocycles. The fourth-order valence-corrected chi connectivity index (χ4v) is 10.6. The van der Waals surface area contributed by atoms with Gasteiger partial charge < -0.3 is 60.3 Å². The highest BCUT2D eigenvalue weighted by molar-refractivity contribution is 5.71. The lowest BCUT2D eigenvalue weighted by atomic mass is 9.96. The zero-order valence-corrected chi connectivity index (χ0v) is 39.3. The Bertz CT molecular complexity index is 1390. The van der Waals surface area contributed by atoms with Crippen LogP contribution in [0.3, 0.4) is 0 Å². The molecule has 6 N–H and O–H groups in total. The molecule has 4 unspecified atom stereocenters. The van der Waals surface area contributed by atoms with Gasteiger partial charge >= 0.3 is 36.6 Å². The molecule has 374 valence electrons. The summed E-state index contributed by atoms with van der Waals surface area (Å²) in [6, 6.07) is -1.00. The van der Waals surface area contributed by atoms with Crippen molar-refractivity contribution in [1.29, 1.82) is 0 Å². The first kappa shape index (κ1) is 51.0. The lowest BCUT2D eigenvalue weighted by Crippen LogP contribution is -2.58. The largest absolute Gasteiger partial charge is 0.445 e. The van der Waals surface area contributed by atoms with Crippen LogP contribution in [0.2, 0.25) is 0 Å². The summed E-state index contributed by atoms with van der Waals surface area (Å²) in [5.41, 5.74) is 0. The van der Waals surface area contributed by atoms with Crippen LogP contribution in [0.1, 0.15) is 193 Å². The molecule has 0 heterocycles. The number of carbonyl (C=O) groups is 6. The summed E-state index contributed by atoms with van der Waals surface area (Å²) in [5, 5.41) is 17.6. The molecule has 18 nitrogen and oxygen atoms in total. The van der Waals surface area contributed by atoms with Crippen LogP contribution in [-0.2, 0) is 28.4 Å². The number of hydrogen-bond donors (Lipinski definition) is 6. The van der Waals surface area contributed by atoms with E-state index in [-0.39, 0.29) is 36.3 Å². The van der Waals surface area contributed by atoms with E-state index in [0.717, 1.165) is 167 Å². The van der Waals surface area contributed by atoms with Gasteiger partial charge in [-0.1, -0.05) is 116 Å². The van der Waals surface area contributed by atoms with E-state index in [2.05, 4.69) is 31.9 Å². The molecule has 6 saturated carbocycles. The Kier molecular flexibility index (Phi) is 21.7. The van der Waals surface area contributed by atoms with Gasteiger partial charge in [0.15, 0.2) is 24.4 Å². The van der Waals surface area contributed by atoms with E-state index in [9.17, 15) is 28.8 Å². The van der Waals surface area contributed by atoms with E-state index in [1.54, 1.807) is 0 Å². The van der Waals surface area contributed by atoms with Gasteiger partial charge in [0.2, 0.25) is 0 Å². The Balaban J connectivity index is 1.34. The Morgan fingerprint density at radius 2 is 0.485 bits per heavy atom. The molecule has 0 spiro atoms. The van der Waals surface area contributed by atoms with Gasteiger partial charge in [-0.05, 0) is 77.0 Å². The van der Waals surface area contributed by atoms with Gasteiger partial charge in [-0.2, -0.15) is 0 Å². The minimum absolute atomic E-state index is 0.106. The summed E-state index contributed by atoms with van der Waals surface area (Å²) < 4.78 is 36.3. The number of nitrogens with one attached hydrogen (secondary N) is 6. The van der Waals surface area contributed by atoms with Gasteiger partial charge in [0.1, 0.15) is 13.2 Å². The van der Waals surface area contributed by atoms with E-state index in [1.807, 2.05) is 0 Å². The molecule has 0 aromatic heterocycles. The summed E-state index contributed by atoms with van der Waals surface area (Å²) in [6.45, 7) is -1.27. The normalized spacial score (nSPS) is 22.7. The number of amides is 6. The molecule has 6 aliphatic carbocycles. The molecule has 6 amide bonds. The third-order valence-electron chi connectivity index (χ3n) is 14.4. The summed E-state index contributed by atoms with van der Waals surface area (Å²) in [6.07, 6.45) is 14.7. The average molecular weight is 933 g/mol. The SMILES string of the molecule is O=C(NC1CCCCC1)OCC(OC(=O)NC1CCCCC1)C(OC(=O)NC1CCCCC1)C(OC(=O)NC1CCCCC1)C(COC(=O)NC1CCCCC1)OC(=O)NC1CCCCC1. The number of carbonyl (C=O) groups excluding carboxylic acids is 6. The monoisotopic (exact) mass is 933 g/mol. The Morgan fingerprint density at radius 1 is 0.288 bits per heavy atom.